The van der Waals surface area contributed by atoms with Crippen LogP contribution in [0, 0.1) is 11.6 Å². The second-order valence-electron chi connectivity index (χ2n) is 6.06. The van der Waals surface area contributed by atoms with Gasteiger partial charge in [0.05, 0.1) is 5.69 Å². The topological polar surface area (TPSA) is 75.7 Å². The summed E-state index contributed by atoms with van der Waals surface area (Å²) in [5.74, 6) is -2.02. The van der Waals surface area contributed by atoms with Crippen LogP contribution in [0.15, 0.2) is 41.3 Å². The first-order valence-corrected chi connectivity index (χ1v) is 9.77. The lowest BCUT2D eigenvalue weighted by molar-refractivity contribution is 0.108. The normalized spacial score (nSPS) is 16.8. The van der Waals surface area contributed by atoms with E-state index in [1.165, 1.54) is 4.90 Å². The number of sulfonamides is 1. The van der Waals surface area contributed by atoms with Gasteiger partial charge in [0.2, 0.25) is 10.0 Å². The molecular weight excluding hydrogens is 378 g/mol. The Morgan fingerprint density at radius 3 is 2.59 bits per heavy atom. The molecule has 0 aliphatic carbocycles. The van der Waals surface area contributed by atoms with E-state index < -0.39 is 38.8 Å². The minimum Gasteiger partial charge on any atom is -0.441 e. The van der Waals surface area contributed by atoms with E-state index in [9.17, 15) is 22.0 Å². The van der Waals surface area contributed by atoms with Gasteiger partial charge in [-0.25, -0.2) is 26.7 Å². The summed E-state index contributed by atoms with van der Waals surface area (Å²) < 4.78 is 58.9. The standard InChI is InChI=1S/C18H18F2N2O4S/c1-3-22-16-6-4-12(8-14(16)11(2)26-18(22)23)10-21-27(24,25)17-7-5-13(19)9-15(17)20/h4-9,11,21H,3,10H2,1-2H3. The van der Waals surface area contributed by atoms with Crippen molar-refractivity contribution in [2.24, 2.45) is 0 Å². The monoisotopic (exact) mass is 396 g/mol. The first-order chi connectivity index (χ1) is 12.7. The van der Waals surface area contributed by atoms with Crippen molar-refractivity contribution in [3.63, 3.8) is 0 Å². The van der Waals surface area contributed by atoms with Gasteiger partial charge in [0, 0.05) is 24.7 Å². The lowest BCUT2D eigenvalue weighted by atomic mass is 10.0. The molecule has 144 valence electrons. The number of carbonyl (C=O) groups excluding carboxylic acids is 1. The molecule has 0 aromatic heterocycles. The van der Waals surface area contributed by atoms with Crippen molar-refractivity contribution in [1.29, 1.82) is 0 Å². The third-order valence-electron chi connectivity index (χ3n) is 4.28. The molecule has 0 spiro atoms. The largest absolute Gasteiger partial charge is 0.441 e. The molecule has 0 saturated carbocycles. The molecule has 1 aliphatic heterocycles. The van der Waals surface area contributed by atoms with Crippen molar-refractivity contribution in [1.82, 2.24) is 4.72 Å². The number of halogens is 2. The Morgan fingerprint density at radius 1 is 1.19 bits per heavy atom. The zero-order chi connectivity index (χ0) is 19.8. The lowest BCUT2D eigenvalue weighted by Crippen LogP contribution is -2.36. The number of cyclic esters (lactones) is 1. The van der Waals surface area contributed by atoms with Crippen LogP contribution in [0.25, 0.3) is 0 Å². The van der Waals surface area contributed by atoms with Crippen molar-refractivity contribution in [2.45, 2.75) is 31.4 Å². The molecular formula is C18H18F2N2O4S. The fraction of sp³-hybridized carbons (Fsp3) is 0.278. The molecule has 27 heavy (non-hydrogen) atoms. The van der Waals surface area contributed by atoms with Gasteiger partial charge in [-0.15, -0.1) is 0 Å². The summed E-state index contributed by atoms with van der Waals surface area (Å²) in [7, 11) is -4.15. The molecule has 1 heterocycles. The van der Waals surface area contributed by atoms with Crippen LogP contribution in [0.4, 0.5) is 19.3 Å². The maximum Gasteiger partial charge on any atom is 0.414 e. The molecule has 1 atom stereocenters. The highest BCUT2D eigenvalue weighted by Crippen LogP contribution is 2.35. The highest BCUT2D eigenvalue weighted by molar-refractivity contribution is 7.89. The summed E-state index contributed by atoms with van der Waals surface area (Å²) in [4.78, 5) is 12.8. The van der Waals surface area contributed by atoms with E-state index in [1.54, 1.807) is 25.1 Å². The van der Waals surface area contributed by atoms with Gasteiger partial charge in [-0.05, 0) is 43.7 Å². The number of rotatable bonds is 5. The van der Waals surface area contributed by atoms with Gasteiger partial charge in [-0.3, -0.25) is 4.90 Å². The van der Waals surface area contributed by atoms with E-state index in [0.717, 1.165) is 17.7 Å². The molecule has 2 aromatic carbocycles. The number of anilines is 1. The minimum atomic E-state index is -4.15. The zero-order valence-corrected chi connectivity index (χ0v) is 15.5. The van der Waals surface area contributed by atoms with Crippen LogP contribution in [0.5, 0.6) is 0 Å². The quantitative estimate of drug-likeness (QED) is 0.840. The highest BCUT2D eigenvalue weighted by atomic mass is 32.2. The third-order valence-corrected chi connectivity index (χ3v) is 5.72. The molecule has 0 saturated heterocycles. The molecule has 1 N–H and O–H groups in total. The van der Waals surface area contributed by atoms with Crippen LogP contribution >= 0.6 is 0 Å². The number of benzene rings is 2. The van der Waals surface area contributed by atoms with Crippen molar-refractivity contribution >= 4 is 21.8 Å². The van der Waals surface area contributed by atoms with E-state index in [1.807, 2.05) is 6.92 Å². The van der Waals surface area contributed by atoms with Gasteiger partial charge < -0.3 is 4.74 Å². The van der Waals surface area contributed by atoms with Crippen molar-refractivity contribution in [3.05, 3.63) is 59.2 Å². The maximum atomic E-state index is 13.8. The summed E-state index contributed by atoms with van der Waals surface area (Å²) in [5.41, 5.74) is 2.07. The fourth-order valence-electron chi connectivity index (χ4n) is 2.91. The van der Waals surface area contributed by atoms with Crippen LogP contribution in [-0.2, 0) is 21.3 Å². The molecule has 3 rings (SSSR count). The highest BCUT2D eigenvalue weighted by Gasteiger charge is 2.29. The second-order valence-corrected chi connectivity index (χ2v) is 7.80. The molecule has 0 bridgehead atoms. The first kappa shape index (κ1) is 19.2. The number of amides is 1. The van der Waals surface area contributed by atoms with Crippen LogP contribution in [-0.4, -0.2) is 21.1 Å². The van der Waals surface area contributed by atoms with E-state index in [4.69, 9.17) is 4.74 Å². The van der Waals surface area contributed by atoms with Crippen molar-refractivity contribution in [2.75, 3.05) is 11.4 Å². The van der Waals surface area contributed by atoms with Crippen LogP contribution in [0.2, 0.25) is 0 Å². The predicted octanol–water partition coefficient (Wildman–Crippen LogP) is 3.48. The first-order valence-electron chi connectivity index (χ1n) is 8.28. The predicted molar refractivity (Wildman–Crippen MR) is 94.7 cm³/mol. The van der Waals surface area contributed by atoms with Gasteiger partial charge in [0.15, 0.2) is 0 Å². The molecule has 1 unspecified atom stereocenters. The number of fused-ring (bicyclic) bond motifs is 1. The molecule has 1 amide bonds. The molecule has 9 heteroatoms. The molecule has 6 nitrogen and oxygen atoms in total. The summed E-state index contributed by atoms with van der Waals surface area (Å²) in [6.45, 7) is 3.89. The average molecular weight is 396 g/mol. The Balaban J connectivity index is 1.83. The van der Waals surface area contributed by atoms with E-state index in [0.29, 0.717) is 23.9 Å². The number of hydrogen-bond donors (Lipinski definition) is 1. The fourth-order valence-corrected chi connectivity index (χ4v) is 3.99. The smallest absolute Gasteiger partial charge is 0.414 e. The minimum absolute atomic E-state index is 0.0980. The summed E-state index contributed by atoms with van der Waals surface area (Å²) >= 11 is 0. The summed E-state index contributed by atoms with van der Waals surface area (Å²) in [6.07, 6.45) is -0.904. The number of hydrogen-bond acceptors (Lipinski definition) is 4. The molecule has 0 fully saturated rings. The summed E-state index contributed by atoms with van der Waals surface area (Å²) in [6, 6.07) is 7.40. The van der Waals surface area contributed by atoms with E-state index >= 15 is 0 Å². The SMILES string of the molecule is CCN1C(=O)OC(C)c2cc(CNS(=O)(=O)c3ccc(F)cc3F)ccc21. The molecule has 1 aliphatic rings. The number of nitrogens with zero attached hydrogens (tertiary/aromatic N) is 1. The average Bonchev–Trinajstić information content (AvgIpc) is 2.60. The lowest BCUT2D eigenvalue weighted by Gasteiger charge is -2.32. The Kier molecular flexibility index (Phi) is 5.16. The number of carbonyl (C=O) groups is 1. The zero-order valence-electron chi connectivity index (χ0n) is 14.7. The van der Waals surface area contributed by atoms with E-state index in [-0.39, 0.29) is 6.54 Å². The second kappa shape index (κ2) is 7.24. The van der Waals surface area contributed by atoms with E-state index in [2.05, 4.69) is 4.72 Å². The Bertz CT molecular complexity index is 995. The Morgan fingerprint density at radius 2 is 1.93 bits per heavy atom. The molecule has 0 radical (unpaired) electrons. The Hall–Kier alpha value is -2.52. The maximum absolute atomic E-state index is 13.8. The van der Waals surface area contributed by atoms with Gasteiger partial charge in [-0.2, -0.15) is 0 Å². The van der Waals surface area contributed by atoms with Gasteiger partial charge in [-0.1, -0.05) is 6.07 Å². The van der Waals surface area contributed by atoms with Crippen LogP contribution in [0.3, 0.4) is 0 Å². The number of ether oxygens (including phenoxy) is 1. The summed E-state index contributed by atoms with van der Waals surface area (Å²) in [5, 5.41) is 0. The van der Waals surface area contributed by atoms with Crippen molar-refractivity contribution in [3.8, 4) is 0 Å². The van der Waals surface area contributed by atoms with Crippen molar-refractivity contribution < 1.29 is 26.7 Å². The number of nitrogens with one attached hydrogen (secondary N) is 1. The van der Waals surface area contributed by atoms with Gasteiger partial charge in [0.1, 0.15) is 22.6 Å². The third kappa shape index (κ3) is 3.79. The molecule has 2 aromatic rings. The Labute approximate surface area is 155 Å². The van der Waals surface area contributed by atoms with Crippen LogP contribution in [0.1, 0.15) is 31.1 Å². The van der Waals surface area contributed by atoms with Crippen LogP contribution < -0.4 is 9.62 Å². The van der Waals surface area contributed by atoms with Gasteiger partial charge in [0.25, 0.3) is 0 Å². The van der Waals surface area contributed by atoms with Gasteiger partial charge >= 0.3 is 6.09 Å².